The van der Waals surface area contributed by atoms with E-state index in [2.05, 4.69) is 67.5 Å². The molecular weight excluding hydrogens is 404 g/mol. The first-order chi connectivity index (χ1) is 15.0. The highest BCUT2D eigenvalue weighted by Gasteiger charge is 2.15. The normalized spacial score (nSPS) is 11.2. The highest BCUT2D eigenvalue weighted by atomic mass is 32.2. The zero-order chi connectivity index (χ0) is 21.8. The van der Waals surface area contributed by atoms with E-state index in [4.69, 9.17) is 4.98 Å². The van der Waals surface area contributed by atoms with Crippen LogP contribution < -0.4 is 5.32 Å². The Morgan fingerprint density at radius 3 is 2.68 bits per heavy atom. The van der Waals surface area contributed by atoms with Gasteiger partial charge in [-0.15, -0.1) is 0 Å². The van der Waals surface area contributed by atoms with Gasteiger partial charge in [0.1, 0.15) is 6.54 Å². The summed E-state index contributed by atoms with van der Waals surface area (Å²) in [6, 6.07) is 18.3. The van der Waals surface area contributed by atoms with E-state index in [1.807, 2.05) is 22.8 Å². The number of carbonyl (C=O) groups excluding carboxylic acids is 1. The van der Waals surface area contributed by atoms with Crippen LogP contribution in [0.1, 0.15) is 36.5 Å². The molecule has 2 heterocycles. The summed E-state index contributed by atoms with van der Waals surface area (Å²) in [6.45, 7) is 6.58. The Labute approximate surface area is 186 Å². The molecule has 0 fully saturated rings. The first-order valence-electron chi connectivity index (χ1n) is 10.4. The van der Waals surface area contributed by atoms with Crippen LogP contribution in [0.15, 0.2) is 72.1 Å². The van der Waals surface area contributed by atoms with E-state index in [-0.39, 0.29) is 12.5 Å². The molecule has 6 heteroatoms. The molecule has 2 aromatic heterocycles. The van der Waals surface area contributed by atoms with Crippen LogP contribution in [0, 0.1) is 6.92 Å². The highest BCUT2D eigenvalue weighted by Crippen LogP contribution is 2.27. The van der Waals surface area contributed by atoms with Gasteiger partial charge in [0.15, 0.2) is 5.16 Å². The molecule has 0 saturated heterocycles. The fourth-order valence-corrected chi connectivity index (χ4v) is 4.41. The van der Waals surface area contributed by atoms with Gasteiger partial charge in [0.05, 0.1) is 17.2 Å². The Balaban J connectivity index is 1.52. The highest BCUT2D eigenvalue weighted by molar-refractivity contribution is 7.98. The van der Waals surface area contributed by atoms with Gasteiger partial charge in [-0.1, -0.05) is 67.6 Å². The number of nitrogens with one attached hydrogen (secondary N) is 1. The number of fused-ring (bicyclic) bond motifs is 1. The molecule has 1 N–H and O–H groups in total. The number of pyridine rings is 1. The van der Waals surface area contributed by atoms with Gasteiger partial charge < -0.3 is 9.88 Å². The van der Waals surface area contributed by atoms with Gasteiger partial charge in [-0.3, -0.25) is 9.78 Å². The number of rotatable bonds is 7. The van der Waals surface area contributed by atoms with Crippen molar-refractivity contribution in [2.45, 2.75) is 44.1 Å². The molecule has 0 aliphatic heterocycles. The van der Waals surface area contributed by atoms with Gasteiger partial charge in [0, 0.05) is 17.6 Å². The van der Waals surface area contributed by atoms with E-state index in [1.165, 1.54) is 16.7 Å². The van der Waals surface area contributed by atoms with Crippen LogP contribution in [0.2, 0.25) is 0 Å². The van der Waals surface area contributed by atoms with Crippen LogP contribution in [0.25, 0.3) is 11.0 Å². The number of aromatic nitrogens is 3. The summed E-state index contributed by atoms with van der Waals surface area (Å²) in [4.78, 5) is 21.8. The van der Waals surface area contributed by atoms with Crippen molar-refractivity contribution in [3.05, 3.63) is 83.7 Å². The van der Waals surface area contributed by atoms with Gasteiger partial charge >= 0.3 is 0 Å². The molecule has 0 aliphatic rings. The second kappa shape index (κ2) is 9.35. The Bertz CT molecular complexity index is 1200. The Kier molecular flexibility index (Phi) is 6.37. The zero-order valence-electron chi connectivity index (χ0n) is 18.0. The largest absolute Gasteiger partial charge is 0.325 e. The van der Waals surface area contributed by atoms with Crippen LogP contribution in [-0.2, 0) is 17.1 Å². The van der Waals surface area contributed by atoms with E-state index >= 15 is 0 Å². The molecule has 0 saturated carbocycles. The molecule has 0 spiro atoms. The Morgan fingerprint density at radius 1 is 1.13 bits per heavy atom. The van der Waals surface area contributed by atoms with Gasteiger partial charge in [-0.05, 0) is 42.2 Å². The summed E-state index contributed by atoms with van der Waals surface area (Å²) in [5.41, 5.74) is 6.22. The number of amides is 1. The number of imidazole rings is 1. The van der Waals surface area contributed by atoms with Crippen LogP contribution in [0.3, 0.4) is 0 Å². The molecule has 2 aromatic carbocycles. The number of carbonyl (C=O) groups is 1. The average Bonchev–Trinajstić information content (AvgIpc) is 3.10. The lowest BCUT2D eigenvalue weighted by Crippen LogP contribution is -2.19. The van der Waals surface area contributed by atoms with Crippen molar-refractivity contribution in [2.24, 2.45) is 0 Å². The smallest absolute Gasteiger partial charge is 0.244 e. The average molecular weight is 431 g/mol. The van der Waals surface area contributed by atoms with Gasteiger partial charge in [-0.25, -0.2) is 4.98 Å². The van der Waals surface area contributed by atoms with Crippen LogP contribution in [-0.4, -0.2) is 20.4 Å². The molecule has 0 atom stereocenters. The summed E-state index contributed by atoms with van der Waals surface area (Å²) in [6.07, 6.45) is 3.49. The van der Waals surface area contributed by atoms with Crippen molar-refractivity contribution >= 4 is 34.4 Å². The zero-order valence-corrected chi connectivity index (χ0v) is 18.8. The van der Waals surface area contributed by atoms with E-state index in [9.17, 15) is 4.79 Å². The van der Waals surface area contributed by atoms with Crippen molar-refractivity contribution < 1.29 is 4.79 Å². The number of hydrogen-bond donors (Lipinski definition) is 1. The predicted molar refractivity (Wildman–Crippen MR) is 127 cm³/mol. The van der Waals surface area contributed by atoms with E-state index < -0.39 is 0 Å². The lowest BCUT2D eigenvalue weighted by atomic mass is 10.0. The van der Waals surface area contributed by atoms with Crippen LogP contribution >= 0.6 is 11.8 Å². The second-order valence-corrected chi connectivity index (χ2v) is 8.89. The number of thioether (sulfide) groups is 1. The van der Waals surface area contributed by atoms with Gasteiger partial charge in [-0.2, -0.15) is 0 Å². The van der Waals surface area contributed by atoms with Crippen molar-refractivity contribution in [1.82, 2.24) is 14.5 Å². The molecule has 5 nitrogen and oxygen atoms in total. The Morgan fingerprint density at radius 2 is 1.94 bits per heavy atom. The van der Waals surface area contributed by atoms with Gasteiger partial charge in [0.25, 0.3) is 0 Å². The summed E-state index contributed by atoms with van der Waals surface area (Å²) in [7, 11) is 0. The maximum atomic E-state index is 12.8. The number of aryl methyl sites for hydroxylation is 1. The minimum Gasteiger partial charge on any atom is -0.325 e. The number of hydrogen-bond acceptors (Lipinski definition) is 4. The lowest BCUT2D eigenvalue weighted by molar-refractivity contribution is -0.116. The molecule has 0 radical (unpaired) electrons. The third-order valence-electron chi connectivity index (χ3n) is 5.13. The molecular formula is C25H26N4OS. The van der Waals surface area contributed by atoms with Crippen LogP contribution in [0.5, 0.6) is 0 Å². The first kappa shape index (κ1) is 21.1. The topological polar surface area (TPSA) is 59.8 Å². The SMILES string of the molecule is Cc1cccc(CSc2nc3ccncc3n2CC(=O)Nc2ccc(C(C)C)cc2)c1. The first-order valence-corrected chi connectivity index (χ1v) is 11.4. The number of benzene rings is 2. The lowest BCUT2D eigenvalue weighted by Gasteiger charge is -2.11. The van der Waals surface area contributed by atoms with Crippen molar-refractivity contribution in [2.75, 3.05) is 5.32 Å². The number of anilines is 1. The predicted octanol–water partition coefficient (Wildman–Crippen LogP) is 5.79. The maximum Gasteiger partial charge on any atom is 0.244 e. The molecule has 1 amide bonds. The summed E-state index contributed by atoms with van der Waals surface area (Å²) in [5, 5.41) is 3.82. The molecule has 4 rings (SSSR count). The molecule has 4 aromatic rings. The molecule has 0 aliphatic carbocycles. The fourth-order valence-electron chi connectivity index (χ4n) is 3.46. The van der Waals surface area contributed by atoms with Crippen molar-refractivity contribution in [3.63, 3.8) is 0 Å². The Hall–Kier alpha value is -3.12. The maximum absolute atomic E-state index is 12.8. The quantitative estimate of drug-likeness (QED) is 0.377. The third kappa shape index (κ3) is 5.14. The molecule has 0 bridgehead atoms. The standard InChI is InChI=1S/C25H26N4OS/c1-17(2)20-7-9-21(10-8-20)27-24(30)15-29-23-14-26-12-11-22(23)28-25(29)31-16-19-6-4-5-18(3)13-19/h4-14,17H,15-16H2,1-3H3,(H,27,30). The summed E-state index contributed by atoms with van der Waals surface area (Å²) in [5.74, 6) is 1.16. The van der Waals surface area contributed by atoms with E-state index in [1.54, 1.807) is 24.2 Å². The molecule has 158 valence electrons. The monoisotopic (exact) mass is 430 g/mol. The summed E-state index contributed by atoms with van der Waals surface area (Å²) >= 11 is 1.63. The van der Waals surface area contributed by atoms with Gasteiger partial charge in [0.2, 0.25) is 5.91 Å². The van der Waals surface area contributed by atoms with E-state index in [0.717, 1.165) is 27.6 Å². The molecule has 31 heavy (non-hydrogen) atoms. The second-order valence-electron chi connectivity index (χ2n) is 7.95. The van der Waals surface area contributed by atoms with Crippen molar-refractivity contribution in [3.8, 4) is 0 Å². The molecule has 0 unspecified atom stereocenters. The fraction of sp³-hybridized carbons (Fsp3) is 0.240. The minimum atomic E-state index is -0.0853. The number of nitrogens with zero attached hydrogens (tertiary/aromatic N) is 3. The van der Waals surface area contributed by atoms with Crippen LogP contribution in [0.4, 0.5) is 5.69 Å². The van der Waals surface area contributed by atoms with E-state index in [0.29, 0.717) is 5.92 Å². The summed E-state index contributed by atoms with van der Waals surface area (Å²) < 4.78 is 1.95. The van der Waals surface area contributed by atoms with Crippen molar-refractivity contribution in [1.29, 1.82) is 0 Å². The third-order valence-corrected chi connectivity index (χ3v) is 6.18. The minimum absolute atomic E-state index is 0.0853.